The number of methoxy groups -OCH3 is 1. The summed E-state index contributed by atoms with van der Waals surface area (Å²) in [5.41, 5.74) is 2.90. The average Bonchev–Trinajstić information content (AvgIpc) is 3.15. The van der Waals surface area contributed by atoms with E-state index in [1.807, 2.05) is 25.1 Å². The van der Waals surface area contributed by atoms with E-state index in [1.165, 1.54) is 0 Å². The molecule has 0 spiro atoms. The minimum absolute atomic E-state index is 0.00611. The van der Waals surface area contributed by atoms with Gasteiger partial charge >= 0.3 is 0 Å². The Morgan fingerprint density at radius 2 is 2.09 bits per heavy atom. The van der Waals surface area contributed by atoms with Gasteiger partial charge < -0.3 is 20.1 Å². The van der Waals surface area contributed by atoms with Gasteiger partial charge in [-0.05, 0) is 55.9 Å². The lowest BCUT2D eigenvalue weighted by molar-refractivity contribution is -0.129. The van der Waals surface area contributed by atoms with E-state index in [0.717, 1.165) is 35.3 Å². The number of fused-ring (bicyclic) bond motifs is 1. The molecular formula is C27H35N3O4. The number of piperidine rings is 1. The van der Waals surface area contributed by atoms with Gasteiger partial charge in [0.05, 0.1) is 13.0 Å². The average molecular weight is 466 g/mol. The first-order chi connectivity index (χ1) is 16.1. The third kappa shape index (κ3) is 4.61. The van der Waals surface area contributed by atoms with Crippen LogP contribution in [0.5, 0.6) is 11.6 Å². The fourth-order valence-electron chi connectivity index (χ4n) is 4.90. The molecule has 182 valence electrons. The van der Waals surface area contributed by atoms with E-state index in [-0.39, 0.29) is 35.3 Å². The molecule has 4 rings (SSSR count). The molecule has 3 heterocycles. The molecule has 1 aromatic heterocycles. The van der Waals surface area contributed by atoms with Crippen LogP contribution in [0.1, 0.15) is 57.0 Å². The van der Waals surface area contributed by atoms with Crippen molar-refractivity contribution in [2.75, 3.05) is 13.7 Å². The van der Waals surface area contributed by atoms with Crippen molar-refractivity contribution in [1.29, 1.82) is 0 Å². The number of carbonyl (C=O) groups is 2. The van der Waals surface area contributed by atoms with E-state index < -0.39 is 0 Å². The van der Waals surface area contributed by atoms with E-state index in [9.17, 15) is 9.59 Å². The van der Waals surface area contributed by atoms with E-state index in [1.54, 1.807) is 19.4 Å². The van der Waals surface area contributed by atoms with Crippen LogP contribution in [0.15, 0.2) is 30.5 Å². The summed E-state index contributed by atoms with van der Waals surface area (Å²) in [4.78, 5) is 30.0. The van der Waals surface area contributed by atoms with Crippen molar-refractivity contribution in [2.45, 2.75) is 59.1 Å². The Labute approximate surface area is 201 Å². The second-order valence-electron chi connectivity index (χ2n) is 10.3. The first kappa shape index (κ1) is 24.0. The van der Waals surface area contributed by atoms with Gasteiger partial charge in [0.15, 0.2) is 0 Å². The molecule has 7 nitrogen and oxygen atoms in total. The number of aromatic nitrogens is 1. The first-order valence-electron chi connectivity index (χ1n) is 12.1. The molecule has 4 atom stereocenters. The SMILES string of the molecule is COc1ccc(-c2cc(C(=O)NCC3C(=O)NC(C)CC3C)cc3c2OC(C)(C(C)C)C3)cn1. The highest BCUT2D eigenvalue weighted by Crippen LogP contribution is 2.45. The van der Waals surface area contributed by atoms with Gasteiger partial charge in [-0.2, -0.15) is 0 Å². The Morgan fingerprint density at radius 1 is 1.32 bits per heavy atom. The molecule has 2 N–H and O–H groups in total. The lowest BCUT2D eigenvalue weighted by Gasteiger charge is -2.32. The molecule has 2 aliphatic rings. The minimum atomic E-state index is -0.349. The van der Waals surface area contributed by atoms with Gasteiger partial charge in [-0.3, -0.25) is 9.59 Å². The summed E-state index contributed by atoms with van der Waals surface area (Å²) in [6.45, 7) is 10.8. The second kappa shape index (κ2) is 9.28. The van der Waals surface area contributed by atoms with Crippen LogP contribution in [0.4, 0.5) is 0 Å². The smallest absolute Gasteiger partial charge is 0.251 e. The van der Waals surface area contributed by atoms with E-state index in [0.29, 0.717) is 23.9 Å². The third-order valence-electron chi connectivity index (χ3n) is 7.40. The van der Waals surface area contributed by atoms with Crippen LogP contribution in [0.3, 0.4) is 0 Å². The maximum Gasteiger partial charge on any atom is 0.251 e. The quantitative estimate of drug-likeness (QED) is 0.673. The zero-order valence-electron chi connectivity index (χ0n) is 20.9. The number of rotatable bonds is 6. The number of carbonyl (C=O) groups excluding carboxylic acids is 2. The van der Waals surface area contributed by atoms with Crippen molar-refractivity contribution in [3.63, 3.8) is 0 Å². The molecule has 0 radical (unpaired) electrons. The van der Waals surface area contributed by atoms with Crippen molar-refractivity contribution in [3.05, 3.63) is 41.6 Å². The predicted molar refractivity (Wildman–Crippen MR) is 131 cm³/mol. The first-order valence-corrected chi connectivity index (χ1v) is 12.1. The molecule has 4 unspecified atom stereocenters. The number of hydrogen-bond donors (Lipinski definition) is 2. The minimum Gasteiger partial charge on any atom is -0.486 e. The molecule has 2 amide bonds. The van der Waals surface area contributed by atoms with Crippen LogP contribution in [0.2, 0.25) is 0 Å². The van der Waals surface area contributed by atoms with Crippen LogP contribution in [0, 0.1) is 17.8 Å². The van der Waals surface area contributed by atoms with Crippen molar-refractivity contribution in [2.24, 2.45) is 17.8 Å². The number of benzene rings is 1. The molecule has 0 aliphatic carbocycles. The van der Waals surface area contributed by atoms with Crippen molar-refractivity contribution < 1.29 is 19.1 Å². The maximum atomic E-state index is 13.2. The highest BCUT2D eigenvalue weighted by atomic mass is 16.5. The molecule has 1 fully saturated rings. The van der Waals surface area contributed by atoms with Crippen LogP contribution in [-0.4, -0.2) is 42.1 Å². The van der Waals surface area contributed by atoms with Crippen LogP contribution >= 0.6 is 0 Å². The highest BCUT2D eigenvalue weighted by molar-refractivity contribution is 5.97. The third-order valence-corrected chi connectivity index (χ3v) is 7.40. The number of ether oxygens (including phenoxy) is 2. The Kier molecular flexibility index (Phi) is 6.56. The molecular weight excluding hydrogens is 430 g/mol. The number of nitrogens with one attached hydrogen (secondary N) is 2. The molecule has 1 saturated heterocycles. The van der Waals surface area contributed by atoms with Gasteiger partial charge in [-0.25, -0.2) is 4.98 Å². The molecule has 0 saturated carbocycles. The van der Waals surface area contributed by atoms with Gasteiger partial charge in [0.25, 0.3) is 5.91 Å². The van der Waals surface area contributed by atoms with Crippen LogP contribution in [0.25, 0.3) is 11.1 Å². The summed E-state index contributed by atoms with van der Waals surface area (Å²) in [6, 6.07) is 7.67. The monoisotopic (exact) mass is 465 g/mol. The Hall–Kier alpha value is -3.09. The lowest BCUT2D eigenvalue weighted by atomic mass is 9.84. The fraction of sp³-hybridized carbons (Fsp3) is 0.519. The molecule has 2 aliphatic heterocycles. The van der Waals surface area contributed by atoms with Crippen LogP contribution < -0.4 is 20.1 Å². The van der Waals surface area contributed by atoms with Gasteiger partial charge in [0.2, 0.25) is 11.8 Å². The Morgan fingerprint density at radius 3 is 2.71 bits per heavy atom. The Balaban J connectivity index is 1.63. The summed E-state index contributed by atoms with van der Waals surface area (Å²) >= 11 is 0. The van der Waals surface area contributed by atoms with Crippen molar-refractivity contribution in [3.8, 4) is 22.8 Å². The van der Waals surface area contributed by atoms with Crippen molar-refractivity contribution in [1.82, 2.24) is 15.6 Å². The standard InChI is InChI=1S/C27H35N3O4/c1-15(2)27(5)12-20-10-19(25(31)29-14-22-16(3)9-17(4)30-26(22)32)11-21(24(20)34-27)18-7-8-23(33-6)28-13-18/h7-8,10-11,13,15-17,22H,9,12,14H2,1-6H3,(H,29,31)(H,30,32). The maximum absolute atomic E-state index is 13.2. The number of amides is 2. The van der Waals surface area contributed by atoms with Crippen molar-refractivity contribution >= 4 is 11.8 Å². The van der Waals surface area contributed by atoms with Gasteiger partial charge in [0.1, 0.15) is 11.4 Å². The van der Waals surface area contributed by atoms with E-state index in [2.05, 4.69) is 43.3 Å². The highest BCUT2D eigenvalue weighted by Gasteiger charge is 2.40. The topological polar surface area (TPSA) is 89.5 Å². The fourth-order valence-corrected chi connectivity index (χ4v) is 4.90. The van der Waals surface area contributed by atoms with Gasteiger partial charge in [-0.1, -0.05) is 20.8 Å². The lowest BCUT2D eigenvalue weighted by Crippen LogP contribution is -2.50. The molecule has 1 aromatic carbocycles. The summed E-state index contributed by atoms with van der Waals surface area (Å²) in [5, 5.41) is 5.99. The predicted octanol–water partition coefficient (Wildman–Crippen LogP) is 4.00. The summed E-state index contributed by atoms with van der Waals surface area (Å²) in [7, 11) is 1.58. The van der Waals surface area contributed by atoms with Gasteiger partial charge in [0, 0.05) is 48.0 Å². The second-order valence-corrected chi connectivity index (χ2v) is 10.3. The molecule has 34 heavy (non-hydrogen) atoms. The number of pyridine rings is 1. The largest absolute Gasteiger partial charge is 0.486 e. The summed E-state index contributed by atoms with van der Waals surface area (Å²) in [5.74, 6) is 1.42. The van der Waals surface area contributed by atoms with Crippen LogP contribution in [-0.2, 0) is 11.2 Å². The number of hydrogen-bond acceptors (Lipinski definition) is 5. The number of nitrogens with zero attached hydrogens (tertiary/aromatic N) is 1. The molecule has 2 aromatic rings. The summed E-state index contributed by atoms with van der Waals surface area (Å²) in [6.07, 6.45) is 3.36. The zero-order valence-corrected chi connectivity index (χ0v) is 20.9. The van der Waals surface area contributed by atoms with E-state index >= 15 is 0 Å². The normalized spacial score (nSPS) is 26.0. The zero-order chi connectivity index (χ0) is 24.6. The molecule has 7 heteroatoms. The molecule has 0 bridgehead atoms. The van der Waals surface area contributed by atoms with E-state index in [4.69, 9.17) is 9.47 Å². The summed E-state index contributed by atoms with van der Waals surface area (Å²) < 4.78 is 11.7. The Bertz CT molecular complexity index is 1080. The van der Waals surface area contributed by atoms with Gasteiger partial charge in [-0.15, -0.1) is 0 Å².